The van der Waals surface area contributed by atoms with Gasteiger partial charge in [-0.3, -0.25) is 0 Å². The Morgan fingerprint density at radius 2 is 2.05 bits per heavy atom. The fourth-order valence-corrected chi connectivity index (χ4v) is 1.48. The van der Waals surface area contributed by atoms with Gasteiger partial charge in [-0.25, -0.2) is 18.6 Å². The summed E-state index contributed by atoms with van der Waals surface area (Å²) in [6.45, 7) is -0.0983. The van der Waals surface area contributed by atoms with Crippen LogP contribution in [-0.4, -0.2) is 11.0 Å². The maximum absolute atomic E-state index is 13.3. The van der Waals surface area contributed by atoms with Gasteiger partial charge >= 0.3 is 5.97 Å². The van der Waals surface area contributed by atoms with E-state index in [0.717, 1.165) is 18.2 Å². The molecule has 1 aromatic carbocycles. The van der Waals surface area contributed by atoms with Crippen molar-refractivity contribution in [2.45, 2.75) is 6.61 Å². The van der Waals surface area contributed by atoms with Crippen LogP contribution in [0.5, 0.6) is 0 Å². The Balaban J connectivity index is 2.05. The van der Waals surface area contributed by atoms with Crippen LogP contribution in [0.25, 0.3) is 0 Å². The molecular formula is C13H8ClF2NO2. The number of carbonyl (C=O) groups is 1. The molecule has 0 saturated heterocycles. The van der Waals surface area contributed by atoms with E-state index in [1.54, 1.807) is 6.07 Å². The molecule has 0 bridgehead atoms. The van der Waals surface area contributed by atoms with E-state index < -0.39 is 23.2 Å². The number of esters is 1. The smallest absolute Gasteiger partial charge is 0.341 e. The fourth-order valence-electron chi connectivity index (χ4n) is 1.37. The van der Waals surface area contributed by atoms with Gasteiger partial charge in [-0.1, -0.05) is 17.7 Å². The summed E-state index contributed by atoms with van der Waals surface area (Å²) in [6, 6.07) is 5.74. The summed E-state index contributed by atoms with van der Waals surface area (Å²) in [6.07, 6.45) is 1.43. The molecule has 98 valence electrons. The third kappa shape index (κ3) is 3.48. The van der Waals surface area contributed by atoms with E-state index >= 15 is 0 Å². The lowest BCUT2D eigenvalue weighted by atomic mass is 10.2. The number of pyridine rings is 1. The molecular weight excluding hydrogens is 276 g/mol. The predicted molar refractivity (Wildman–Crippen MR) is 64.7 cm³/mol. The average Bonchev–Trinajstić information content (AvgIpc) is 2.40. The van der Waals surface area contributed by atoms with Gasteiger partial charge in [0.05, 0.1) is 5.56 Å². The molecule has 0 aliphatic heterocycles. The van der Waals surface area contributed by atoms with Gasteiger partial charge < -0.3 is 4.74 Å². The Labute approximate surface area is 112 Å². The van der Waals surface area contributed by atoms with Gasteiger partial charge in [0, 0.05) is 11.8 Å². The lowest BCUT2D eigenvalue weighted by Crippen LogP contribution is -2.08. The number of nitrogens with zero attached hydrogens (tertiary/aromatic N) is 1. The molecule has 1 aromatic heterocycles. The van der Waals surface area contributed by atoms with Crippen molar-refractivity contribution in [1.82, 2.24) is 4.98 Å². The lowest BCUT2D eigenvalue weighted by Gasteiger charge is -2.05. The highest BCUT2D eigenvalue weighted by Gasteiger charge is 2.14. The molecule has 0 amide bonds. The van der Waals surface area contributed by atoms with Crippen molar-refractivity contribution in [2.24, 2.45) is 0 Å². The van der Waals surface area contributed by atoms with Gasteiger partial charge in [0.1, 0.15) is 23.4 Å². The highest BCUT2D eigenvalue weighted by Crippen LogP contribution is 2.13. The van der Waals surface area contributed by atoms with E-state index in [9.17, 15) is 13.6 Å². The third-order valence-electron chi connectivity index (χ3n) is 2.31. The molecule has 2 aromatic rings. The number of carbonyl (C=O) groups excluding carboxylic acids is 1. The zero-order valence-corrected chi connectivity index (χ0v) is 10.3. The molecule has 19 heavy (non-hydrogen) atoms. The van der Waals surface area contributed by atoms with Crippen molar-refractivity contribution in [3.63, 3.8) is 0 Å². The topological polar surface area (TPSA) is 39.2 Å². The number of hydrogen-bond donors (Lipinski definition) is 0. The molecule has 1 heterocycles. The van der Waals surface area contributed by atoms with Gasteiger partial charge in [-0.15, -0.1) is 0 Å². The molecule has 6 heteroatoms. The second kappa shape index (κ2) is 5.75. The first-order chi connectivity index (χ1) is 9.06. The minimum atomic E-state index is -0.938. The van der Waals surface area contributed by atoms with E-state index in [1.165, 1.54) is 12.3 Å². The molecule has 0 unspecified atom stereocenters. The summed E-state index contributed by atoms with van der Waals surface area (Å²) >= 11 is 5.60. The summed E-state index contributed by atoms with van der Waals surface area (Å²) in [7, 11) is 0. The number of hydrogen-bond acceptors (Lipinski definition) is 3. The minimum Gasteiger partial charge on any atom is -0.457 e. The van der Waals surface area contributed by atoms with Crippen molar-refractivity contribution in [2.75, 3.05) is 0 Å². The number of rotatable bonds is 3. The molecule has 0 atom stereocenters. The number of aromatic nitrogens is 1. The molecule has 0 fully saturated rings. The molecule has 2 rings (SSSR count). The van der Waals surface area contributed by atoms with E-state index in [-0.39, 0.29) is 6.61 Å². The highest BCUT2D eigenvalue weighted by molar-refractivity contribution is 6.29. The largest absolute Gasteiger partial charge is 0.457 e. The van der Waals surface area contributed by atoms with Crippen LogP contribution in [0.15, 0.2) is 36.5 Å². The number of ether oxygens (including phenoxy) is 1. The Morgan fingerprint density at radius 3 is 2.74 bits per heavy atom. The summed E-state index contributed by atoms with van der Waals surface area (Å²) in [4.78, 5) is 15.4. The van der Waals surface area contributed by atoms with Gasteiger partial charge in [-0.05, 0) is 24.3 Å². The molecule has 0 aliphatic rings. The zero-order valence-electron chi connectivity index (χ0n) is 9.57. The Kier molecular flexibility index (Phi) is 4.06. The zero-order chi connectivity index (χ0) is 13.8. The van der Waals surface area contributed by atoms with Crippen LogP contribution in [0.4, 0.5) is 8.78 Å². The van der Waals surface area contributed by atoms with Crippen molar-refractivity contribution < 1.29 is 18.3 Å². The maximum Gasteiger partial charge on any atom is 0.341 e. The molecule has 0 aliphatic carbocycles. The van der Waals surface area contributed by atoms with E-state index in [2.05, 4.69) is 4.98 Å². The van der Waals surface area contributed by atoms with Crippen molar-refractivity contribution in [3.05, 3.63) is 64.4 Å². The van der Waals surface area contributed by atoms with Crippen LogP contribution in [0.1, 0.15) is 15.9 Å². The minimum absolute atomic E-state index is 0.0983. The molecule has 0 spiro atoms. The van der Waals surface area contributed by atoms with Crippen LogP contribution in [-0.2, 0) is 11.3 Å². The first-order valence-corrected chi connectivity index (χ1v) is 5.66. The SMILES string of the molecule is O=C(OCc1ccc(Cl)nc1)c1cc(F)ccc1F. The maximum atomic E-state index is 13.3. The predicted octanol–water partition coefficient (Wildman–Crippen LogP) is 3.37. The van der Waals surface area contributed by atoms with Crippen molar-refractivity contribution in [1.29, 1.82) is 0 Å². The van der Waals surface area contributed by atoms with Crippen LogP contribution in [0.3, 0.4) is 0 Å². The quantitative estimate of drug-likeness (QED) is 0.640. The van der Waals surface area contributed by atoms with Crippen LogP contribution in [0, 0.1) is 11.6 Å². The second-order valence-corrected chi connectivity index (χ2v) is 4.08. The summed E-state index contributed by atoms with van der Waals surface area (Å²) in [5, 5.41) is 0.311. The van der Waals surface area contributed by atoms with E-state index in [0.29, 0.717) is 10.7 Å². The van der Waals surface area contributed by atoms with Gasteiger partial charge in [0.25, 0.3) is 0 Å². The van der Waals surface area contributed by atoms with E-state index in [1.807, 2.05) is 0 Å². The standard InChI is InChI=1S/C13H8ClF2NO2/c14-12-4-1-8(6-17-12)7-19-13(18)10-5-9(15)2-3-11(10)16/h1-6H,7H2. The molecule has 0 N–H and O–H groups in total. The Bertz CT molecular complexity index is 602. The Morgan fingerprint density at radius 1 is 1.26 bits per heavy atom. The third-order valence-corrected chi connectivity index (χ3v) is 2.53. The van der Waals surface area contributed by atoms with Gasteiger partial charge in [-0.2, -0.15) is 0 Å². The first-order valence-electron chi connectivity index (χ1n) is 5.29. The summed E-state index contributed by atoms with van der Waals surface area (Å²) < 4.78 is 31.1. The molecule has 0 radical (unpaired) electrons. The van der Waals surface area contributed by atoms with Gasteiger partial charge in [0.15, 0.2) is 0 Å². The normalized spacial score (nSPS) is 10.3. The Hall–Kier alpha value is -2.01. The van der Waals surface area contributed by atoms with Crippen LogP contribution >= 0.6 is 11.6 Å². The van der Waals surface area contributed by atoms with Gasteiger partial charge in [0.2, 0.25) is 0 Å². The summed E-state index contributed by atoms with van der Waals surface area (Å²) in [5.74, 6) is -2.48. The summed E-state index contributed by atoms with van der Waals surface area (Å²) in [5.41, 5.74) is 0.150. The molecule has 0 saturated carbocycles. The van der Waals surface area contributed by atoms with Crippen molar-refractivity contribution >= 4 is 17.6 Å². The average molecular weight is 284 g/mol. The molecule has 3 nitrogen and oxygen atoms in total. The highest BCUT2D eigenvalue weighted by atomic mass is 35.5. The van der Waals surface area contributed by atoms with Crippen LogP contribution in [0.2, 0.25) is 5.15 Å². The fraction of sp³-hybridized carbons (Fsp3) is 0.0769. The monoisotopic (exact) mass is 283 g/mol. The lowest BCUT2D eigenvalue weighted by molar-refractivity contribution is 0.0466. The van der Waals surface area contributed by atoms with E-state index in [4.69, 9.17) is 16.3 Å². The number of halogens is 3. The number of benzene rings is 1. The van der Waals surface area contributed by atoms with Crippen molar-refractivity contribution in [3.8, 4) is 0 Å². The first kappa shape index (κ1) is 13.4. The second-order valence-electron chi connectivity index (χ2n) is 3.69. The van der Waals surface area contributed by atoms with Crippen LogP contribution < -0.4 is 0 Å².